The third-order valence-electron chi connectivity index (χ3n) is 3.60. The predicted octanol–water partition coefficient (Wildman–Crippen LogP) is 2.56. The fraction of sp³-hybridized carbons (Fsp3) is 0.917. The Morgan fingerprint density at radius 1 is 1.38 bits per heavy atom. The van der Waals surface area contributed by atoms with E-state index in [1.54, 1.807) is 0 Å². The van der Waals surface area contributed by atoms with E-state index in [0.29, 0.717) is 6.61 Å². The van der Waals surface area contributed by atoms with Crippen LogP contribution in [0.25, 0.3) is 0 Å². The first-order valence-corrected chi connectivity index (χ1v) is 8.80. The number of hydrogen-bond donors (Lipinski definition) is 1. The number of carbonyl (C=O) groups is 1. The maximum atomic E-state index is 11.1. The van der Waals surface area contributed by atoms with E-state index in [0.717, 1.165) is 0 Å². The van der Waals surface area contributed by atoms with Gasteiger partial charge in [0.15, 0.2) is 8.32 Å². The molecule has 0 saturated heterocycles. The molecule has 16 heavy (non-hydrogen) atoms. The van der Waals surface area contributed by atoms with E-state index in [1.165, 1.54) is 6.92 Å². The van der Waals surface area contributed by atoms with Crippen molar-refractivity contribution in [2.24, 2.45) is 11.7 Å². The summed E-state index contributed by atoms with van der Waals surface area (Å²) in [5, 5.41) is 0.201. The molecule has 0 unspecified atom stereocenters. The highest BCUT2D eigenvalue weighted by Crippen LogP contribution is 2.36. The van der Waals surface area contributed by atoms with Gasteiger partial charge in [-0.2, -0.15) is 0 Å². The van der Waals surface area contributed by atoms with Crippen LogP contribution in [0, 0.1) is 5.92 Å². The molecule has 0 aromatic heterocycles. The van der Waals surface area contributed by atoms with Gasteiger partial charge in [0.25, 0.3) is 0 Å². The molecule has 0 aliphatic heterocycles. The topological polar surface area (TPSA) is 52.3 Å². The second-order valence-corrected chi connectivity index (χ2v) is 11.0. The van der Waals surface area contributed by atoms with Gasteiger partial charge in [-0.05, 0) is 25.1 Å². The Hall–Kier alpha value is -0.193. The summed E-state index contributed by atoms with van der Waals surface area (Å²) < 4.78 is 6.03. The zero-order valence-corrected chi connectivity index (χ0v) is 12.8. The van der Waals surface area contributed by atoms with Gasteiger partial charge in [-0.3, -0.25) is 4.79 Å². The molecule has 0 heterocycles. The van der Waals surface area contributed by atoms with Crippen molar-refractivity contribution in [2.45, 2.75) is 58.8 Å². The van der Waals surface area contributed by atoms with E-state index >= 15 is 0 Å². The largest absolute Gasteiger partial charge is 0.416 e. The number of Topliss-reactive ketones (excluding diaryl/α,β-unsaturated/α-hetero) is 1. The van der Waals surface area contributed by atoms with Crippen LogP contribution in [0.2, 0.25) is 18.1 Å². The van der Waals surface area contributed by atoms with Crippen molar-refractivity contribution >= 4 is 14.1 Å². The Labute approximate surface area is 101 Å². The van der Waals surface area contributed by atoms with Gasteiger partial charge >= 0.3 is 0 Å². The molecule has 0 bridgehead atoms. The molecular weight excluding hydrogens is 218 g/mol. The number of carbonyl (C=O) groups excluding carboxylic acids is 1. The van der Waals surface area contributed by atoms with Gasteiger partial charge in [-0.1, -0.05) is 27.7 Å². The Morgan fingerprint density at radius 2 is 1.81 bits per heavy atom. The van der Waals surface area contributed by atoms with Gasteiger partial charge in [0.1, 0.15) is 5.78 Å². The molecular formula is C12H27NO2Si. The van der Waals surface area contributed by atoms with Gasteiger partial charge in [0, 0.05) is 12.5 Å². The molecule has 3 nitrogen and oxygen atoms in total. The standard InChI is InChI=1S/C12H27NO2Si/c1-9(11(13)10(2)14)8-15-16(6,7)12(3,4)5/h9,11H,8,13H2,1-7H3/t9-,11+/m1/s1. The molecule has 0 rings (SSSR count). The normalized spacial score (nSPS) is 17.0. The number of hydrogen-bond acceptors (Lipinski definition) is 3. The Morgan fingerprint density at radius 3 is 2.12 bits per heavy atom. The van der Waals surface area contributed by atoms with E-state index in [-0.39, 0.29) is 16.7 Å². The molecule has 0 amide bonds. The van der Waals surface area contributed by atoms with Crippen LogP contribution in [-0.4, -0.2) is 26.7 Å². The molecule has 2 atom stereocenters. The van der Waals surface area contributed by atoms with Crippen LogP contribution in [0.4, 0.5) is 0 Å². The lowest BCUT2D eigenvalue weighted by Crippen LogP contribution is -2.45. The molecule has 0 spiro atoms. The Bertz CT molecular complexity index is 246. The summed E-state index contributed by atoms with van der Waals surface area (Å²) in [4.78, 5) is 11.1. The highest BCUT2D eigenvalue weighted by molar-refractivity contribution is 6.74. The minimum absolute atomic E-state index is 0.0336. The minimum Gasteiger partial charge on any atom is -0.416 e. The third kappa shape index (κ3) is 4.35. The van der Waals surface area contributed by atoms with Crippen LogP contribution in [-0.2, 0) is 9.22 Å². The molecule has 4 heteroatoms. The highest BCUT2D eigenvalue weighted by Gasteiger charge is 2.37. The fourth-order valence-corrected chi connectivity index (χ4v) is 2.17. The van der Waals surface area contributed by atoms with Gasteiger partial charge < -0.3 is 10.2 Å². The van der Waals surface area contributed by atoms with Crippen molar-refractivity contribution in [3.63, 3.8) is 0 Å². The van der Waals surface area contributed by atoms with Gasteiger partial charge in [-0.15, -0.1) is 0 Å². The van der Waals surface area contributed by atoms with Crippen LogP contribution in [0.15, 0.2) is 0 Å². The lowest BCUT2D eigenvalue weighted by atomic mass is 10.0. The molecule has 0 saturated carbocycles. The third-order valence-corrected chi connectivity index (χ3v) is 8.10. The molecule has 0 fully saturated rings. The molecule has 0 aromatic carbocycles. The van der Waals surface area contributed by atoms with Gasteiger partial charge in [0.2, 0.25) is 0 Å². The maximum Gasteiger partial charge on any atom is 0.191 e. The summed E-state index contributed by atoms with van der Waals surface area (Å²) in [6.45, 7) is 15.1. The van der Waals surface area contributed by atoms with E-state index in [1.807, 2.05) is 6.92 Å². The number of ketones is 1. The van der Waals surface area contributed by atoms with Crippen LogP contribution in [0.3, 0.4) is 0 Å². The quantitative estimate of drug-likeness (QED) is 0.757. The number of rotatable bonds is 5. The second kappa shape index (κ2) is 5.43. The SMILES string of the molecule is CC(=O)[C@@H](N)[C@H](C)CO[Si](C)(C)C(C)(C)C. The molecule has 96 valence electrons. The van der Waals surface area contributed by atoms with Crippen molar-refractivity contribution in [3.8, 4) is 0 Å². The average Bonchev–Trinajstić information content (AvgIpc) is 2.11. The van der Waals surface area contributed by atoms with E-state index in [2.05, 4.69) is 33.9 Å². The van der Waals surface area contributed by atoms with Crippen LogP contribution < -0.4 is 5.73 Å². The molecule has 0 aliphatic carbocycles. The maximum absolute atomic E-state index is 11.1. The lowest BCUT2D eigenvalue weighted by molar-refractivity contribution is -0.119. The molecule has 2 N–H and O–H groups in total. The van der Waals surface area contributed by atoms with Crippen molar-refractivity contribution in [3.05, 3.63) is 0 Å². The van der Waals surface area contributed by atoms with Gasteiger partial charge in [-0.25, -0.2) is 0 Å². The molecule has 0 aromatic rings. The Kier molecular flexibility index (Phi) is 5.36. The van der Waals surface area contributed by atoms with Crippen molar-refractivity contribution in [1.29, 1.82) is 0 Å². The summed E-state index contributed by atoms with van der Waals surface area (Å²) in [5.41, 5.74) is 5.78. The number of nitrogens with two attached hydrogens (primary N) is 1. The van der Waals surface area contributed by atoms with Gasteiger partial charge in [0.05, 0.1) is 6.04 Å². The smallest absolute Gasteiger partial charge is 0.191 e. The summed E-state index contributed by atoms with van der Waals surface area (Å²) >= 11 is 0. The average molecular weight is 245 g/mol. The summed E-state index contributed by atoms with van der Waals surface area (Å²) in [7, 11) is -1.72. The summed E-state index contributed by atoms with van der Waals surface area (Å²) in [6.07, 6.45) is 0. The zero-order chi connectivity index (χ0) is 13.1. The summed E-state index contributed by atoms with van der Waals surface area (Å²) in [5.74, 6) is 0.123. The first-order valence-electron chi connectivity index (χ1n) is 5.89. The van der Waals surface area contributed by atoms with Crippen molar-refractivity contribution in [2.75, 3.05) is 6.61 Å². The lowest BCUT2D eigenvalue weighted by Gasteiger charge is -2.37. The van der Waals surface area contributed by atoms with E-state index in [9.17, 15) is 4.79 Å². The first kappa shape index (κ1) is 15.8. The first-order chi connectivity index (χ1) is 6.99. The van der Waals surface area contributed by atoms with Crippen molar-refractivity contribution < 1.29 is 9.22 Å². The monoisotopic (exact) mass is 245 g/mol. The van der Waals surface area contributed by atoms with Crippen molar-refractivity contribution in [1.82, 2.24) is 0 Å². The molecule has 0 radical (unpaired) electrons. The van der Waals surface area contributed by atoms with Crippen LogP contribution >= 0.6 is 0 Å². The van der Waals surface area contributed by atoms with Crippen LogP contribution in [0.5, 0.6) is 0 Å². The predicted molar refractivity (Wildman–Crippen MR) is 71.0 cm³/mol. The fourth-order valence-electron chi connectivity index (χ4n) is 1.06. The second-order valence-electron chi connectivity index (χ2n) is 6.19. The zero-order valence-electron chi connectivity index (χ0n) is 11.8. The highest BCUT2D eigenvalue weighted by atomic mass is 28.4. The Balaban J connectivity index is 4.31. The summed E-state index contributed by atoms with van der Waals surface area (Å²) in [6, 6.07) is -0.398. The van der Waals surface area contributed by atoms with Crippen LogP contribution in [0.1, 0.15) is 34.6 Å². The van der Waals surface area contributed by atoms with E-state index in [4.69, 9.17) is 10.2 Å². The minimum atomic E-state index is -1.72. The molecule has 0 aliphatic rings. The van der Waals surface area contributed by atoms with E-state index < -0.39 is 14.4 Å².